The minimum absolute atomic E-state index is 0.324. The molecule has 0 saturated carbocycles. The van der Waals surface area contributed by atoms with Crippen molar-refractivity contribution in [2.75, 3.05) is 24.7 Å². The van der Waals surface area contributed by atoms with Gasteiger partial charge in [0.1, 0.15) is 5.82 Å². The van der Waals surface area contributed by atoms with Gasteiger partial charge >= 0.3 is 0 Å². The number of hydrogen-bond acceptors (Lipinski definition) is 5. The van der Waals surface area contributed by atoms with Gasteiger partial charge in [-0.1, -0.05) is 96.8 Å². The largest absolute Gasteiger partial charge is 0.368 e. The Kier molecular flexibility index (Phi) is 13.7. The first kappa shape index (κ1) is 23.6. The average Bonchev–Trinajstić information content (AvgIpc) is 2.64. The Hall–Kier alpha value is -1.39. The molecule has 1 heterocycles. The molecular weight excluding hydrogens is 334 g/mol. The molecule has 1 rings (SSSR count). The van der Waals surface area contributed by atoms with Crippen LogP contribution in [0.2, 0.25) is 0 Å². The zero-order chi connectivity index (χ0) is 19.7. The quantitative estimate of drug-likeness (QED) is 0.341. The fraction of sp³-hybridized carbons (Fsp3) is 0.864. The van der Waals surface area contributed by atoms with Gasteiger partial charge in [-0.3, -0.25) is 0 Å². The van der Waals surface area contributed by atoms with Crippen LogP contribution >= 0.6 is 0 Å². The lowest BCUT2D eigenvalue weighted by Gasteiger charge is -2.11. The lowest BCUT2D eigenvalue weighted by molar-refractivity contribution is 0.531. The standard InChI is InChI=1S/C22H43N5/c1-4-5-6-7-8-9-10-11-12-13-14-15-16-17-18-19-20-24-21(23)26-22(25-20)27(2)3/h4-19H2,1-3H3,(H2,23,24,25,26). The van der Waals surface area contributed by atoms with E-state index in [1.807, 2.05) is 19.0 Å². The van der Waals surface area contributed by atoms with Crippen LogP contribution < -0.4 is 10.6 Å². The van der Waals surface area contributed by atoms with E-state index in [1.54, 1.807) is 0 Å². The summed E-state index contributed by atoms with van der Waals surface area (Å²) in [6.45, 7) is 2.28. The van der Waals surface area contributed by atoms with Gasteiger partial charge in [0, 0.05) is 20.5 Å². The smallest absolute Gasteiger partial charge is 0.229 e. The maximum atomic E-state index is 5.76. The van der Waals surface area contributed by atoms with Crippen molar-refractivity contribution in [1.82, 2.24) is 15.0 Å². The Morgan fingerprint density at radius 2 is 1.07 bits per heavy atom. The molecule has 0 saturated heterocycles. The molecule has 5 heteroatoms. The summed E-state index contributed by atoms with van der Waals surface area (Å²) >= 11 is 0. The molecule has 0 amide bonds. The summed E-state index contributed by atoms with van der Waals surface area (Å²) < 4.78 is 0. The zero-order valence-corrected chi connectivity index (χ0v) is 18.2. The lowest BCUT2D eigenvalue weighted by Crippen LogP contribution is -2.16. The van der Waals surface area contributed by atoms with Crippen LogP contribution in [-0.2, 0) is 6.42 Å². The molecule has 0 aliphatic rings. The molecule has 0 bridgehead atoms. The van der Waals surface area contributed by atoms with Crippen molar-refractivity contribution in [2.24, 2.45) is 0 Å². The summed E-state index contributed by atoms with van der Waals surface area (Å²) in [5, 5.41) is 0. The summed E-state index contributed by atoms with van der Waals surface area (Å²) in [4.78, 5) is 14.7. The number of aromatic nitrogens is 3. The summed E-state index contributed by atoms with van der Waals surface area (Å²) in [6.07, 6.45) is 21.6. The van der Waals surface area contributed by atoms with Gasteiger partial charge in [-0.25, -0.2) is 0 Å². The van der Waals surface area contributed by atoms with Crippen LogP contribution in [0.5, 0.6) is 0 Å². The highest BCUT2D eigenvalue weighted by atomic mass is 15.3. The predicted molar refractivity (Wildman–Crippen MR) is 117 cm³/mol. The van der Waals surface area contributed by atoms with Gasteiger partial charge in [-0.15, -0.1) is 0 Å². The number of nitrogens with zero attached hydrogens (tertiary/aromatic N) is 4. The third-order valence-corrected chi connectivity index (χ3v) is 5.09. The number of hydrogen-bond donors (Lipinski definition) is 1. The van der Waals surface area contributed by atoms with E-state index in [9.17, 15) is 0 Å². The fourth-order valence-corrected chi connectivity index (χ4v) is 3.39. The van der Waals surface area contributed by atoms with Crippen molar-refractivity contribution >= 4 is 11.9 Å². The monoisotopic (exact) mass is 377 g/mol. The molecule has 2 N–H and O–H groups in total. The van der Waals surface area contributed by atoms with Crippen molar-refractivity contribution < 1.29 is 0 Å². The predicted octanol–water partition coefficient (Wildman–Crippen LogP) is 5.93. The second kappa shape index (κ2) is 15.6. The Balaban J connectivity index is 1.91. The number of anilines is 2. The molecule has 0 spiro atoms. The average molecular weight is 378 g/mol. The van der Waals surface area contributed by atoms with E-state index in [-0.39, 0.29) is 0 Å². The zero-order valence-electron chi connectivity index (χ0n) is 18.2. The van der Waals surface area contributed by atoms with Crippen molar-refractivity contribution in [3.05, 3.63) is 5.82 Å². The molecule has 0 aromatic carbocycles. The number of nitrogens with two attached hydrogens (primary N) is 1. The normalized spacial score (nSPS) is 11.1. The van der Waals surface area contributed by atoms with Crippen molar-refractivity contribution in [3.63, 3.8) is 0 Å². The molecule has 1 aromatic rings. The van der Waals surface area contributed by atoms with E-state index in [4.69, 9.17) is 5.73 Å². The van der Waals surface area contributed by atoms with Gasteiger partial charge in [0.05, 0.1) is 0 Å². The van der Waals surface area contributed by atoms with Crippen molar-refractivity contribution in [2.45, 2.75) is 110 Å². The van der Waals surface area contributed by atoms with E-state index in [0.717, 1.165) is 18.7 Å². The minimum Gasteiger partial charge on any atom is -0.368 e. The lowest BCUT2D eigenvalue weighted by atomic mass is 10.0. The van der Waals surface area contributed by atoms with Crippen LogP contribution in [0.4, 0.5) is 11.9 Å². The molecule has 0 aliphatic heterocycles. The van der Waals surface area contributed by atoms with E-state index >= 15 is 0 Å². The van der Waals surface area contributed by atoms with Gasteiger partial charge in [-0.05, 0) is 6.42 Å². The Bertz CT molecular complexity index is 476. The minimum atomic E-state index is 0.324. The molecule has 0 radical (unpaired) electrons. The molecule has 0 atom stereocenters. The summed E-state index contributed by atoms with van der Waals surface area (Å²) in [5.41, 5.74) is 5.76. The highest BCUT2D eigenvalue weighted by Crippen LogP contribution is 2.14. The molecule has 5 nitrogen and oxygen atoms in total. The van der Waals surface area contributed by atoms with Crippen LogP contribution in [0.25, 0.3) is 0 Å². The van der Waals surface area contributed by atoms with E-state index in [2.05, 4.69) is 21.9 Å². The third-order valence-electron chi connectivity index (χ3n) is 5.09. The molecule has 0 fully saturated rings. The van der Waals surface area contributed by atoms with Crippen LogP contribution in [0.3, 0.4) is 0 Å². The van der Waals surface area contributed by atoms with Crippen molar-refractivity contribution in [3.8, 4) is 0 Å². The Labute approximate surface area is 167 Å². The maximum Gasteiger partial charge on any atom is 0.229 e. The van der Waals surface area contributed by atoms with Crippen LogP contribution in [0.15, 0.2) is 0 Å². The molecular formula is C22H43N5. The number of unbranched alkanes of at least 4 members (excludes halogenated alkanes) is 14. The molecule has 27 heavy (non-hydrogen) atoms. The second-order valence-corrected chi connectivity index (χ2v) is 8.00. The van der Waals surface area contributed by atoms with Crippen molar-refractivity contribution in [1.29, 1.82) is 0 Å². The van der Waals surface area contributed by atoms with Crippen LogP contribution in [0, 0.1) is 0 Å². The van der Waals surface area contributed by atoms with Gasteiger partial charge in [0.2, 0.25) is 11.9 Å². The maximum absolute atomic E-state index is 5.76. The van der Waals surface area contributed by atoms with Gasteiger partial charge in [-0.2, -0.15) is 15.0 Å². The van der Waals surface area contributed by atoms with Gasteiger partial charge < -0.3 is 10.6 Å². The van der Waals surface area contributed by atoms with Gasteiger partial charge in [0.15, 0.2) is 0 Å². The number of aryl methyl sites for hydroxylation is 1. The highest BCUT2D eigenvalue weighted by molar-refractivity contribution is 5.32. The molecule has 1 aromatic heterocycles. The number of rotatable bonds is 17. The van der Waals surface area contributed by atoms with E-state index in [1.165, 1.54) is 89.9 Å². The summed E-state index contributed by atoms with van der Waals surface area (Å²) in [6, 6.07) is 0. The third kappa shape index (κ3) is 12.6. The second-order valence-electron chi connectivity index (χ2n) is 8.00. The van der Waals surface area contributed by atoms with Gasteiger partial charge in [0.25, 0.3) is 0 Å². The van der Waals surface area contributed by atoms with E-state index in [0.29, 0.717) is 11.9 Å². The first-order valence-corrected chi connectivity index (χ1v) is 11.3. The fourth-order valence-electron chi connectivity index (χ4n) is 3.39. The Morgan fingerprint density at radius 1 is 0.630 bits per heavy atom. The first-order chi connectivity index (χ1) is 13.1. The first-order valence-electron chi connectivity index (χ1n) is 11.3. The SMILES string of the molecule is CCCCCCCCCCCCCCCCCc1nc(N)nc(N(C)C)n1. The van der Waals surface area contributed by atoms with E-state index < -0.39 is 0 Å². The molecule has 0 aliphatic carbocycles. The summed E-state index contributed by atoms with van der Waals surface area (Å²) in [5.74, 6) is 1.80. The molecule has 0 unspecified atom stereocenters. The van der Waals surface area contributed by atoms with Crippen LogP contribution in [0.1, 0.15) is 109 Å². The topological polar surface area (TPSA) is 67.9 Å². The number of nitrogen functional groups attached to an aromatic ring is 1. The highest BCUT2D eigenvalue weighted by Gasteiger charge is 2.05. The molecule has 156 valence electrons. The summed E-state index contributed by atoms with van der Waals surface area (Å²) in [7, 11) is 3.85. The van der Waals surface area contributed by atoms with Crippen LogP contribution in [-0.4, -0.2) is 29.0 Å². The Morgan fingerprint density at radius 3 is 1.52 bits per heavy atom.